The number of rotatable bonds is 5. The molecule has 4 heteroatoms. The van der Waals surface area contributed by atoms with Crippen LogP contribution >= 0.6 is 15.9 Å². The molecule has 1 amide bonds. The van der Waals surface area contributed by atoms with Gasteiger partial charge < -0.3 is 5.32 Å². The van der Waals surface area contributed by atoms with E-state index in [9.17, 15) is 9.59 Å². The van der Waals surface area contributed by atoms with Crippen LogP contribution in [-0.4, -0.2) is 23.1 Å². The Bertz CT molecular complexity index is 170. The van der Waals surface area contributed by atoms with Gasteiger partial charge in [0.05, 0.1) is 5.33 Å². The lowest BCUT2D eigenvalue weighted by atomic mass is 10.1. The van der Waals surface area contributed by atoms with Gasteiger partial charge in [0.25, 0.3) is 0 Å². The summed E-state index contributed by atoms with van der Waals surface area (Å²) in [4.78, 5) is 21.6. The molecule has 0 aromatic heterocycles. The van der Waals surface area contributed by atoms with E-state index in [-0.39, 0.29) is 17.7 Å². The molecule has 0 spiro atoms. The van der Waals surface area contributed by atoms with Crippen LogP contribution in [0.4, 0.5) is 0 Å². The van der Waals surface area contributed by atoms with Gasteiger partial charge in [-0.25, -0.2) is 0 Å². The molecule has 12 heavy (non-hydrogen) atoms. The maximum Gasteiger partial charge on any atom is 0.217 e. The molecule has 0 aliphatic heterocycles. The van der Waals surface area contributed by atoms with Crippen LogP contribution in [0.1, 0.15) is 26.7 Å². The van der Waals surface area contributed by atoms with Gasteiger partial charge in [-0.05, 0) is 6.42 Å². The third-order valence-corrected chi connectivity index (χ3v) is 2.15. The van der Waals surface area contributed by atoms with Crippen molar-refractivity contribution in [2.45, 2.75) is 32.7 Å². The number of nitrogens with one attached hydrogen (secondary N) is 1. The molecule has 70 valence electrons. The molecule has 0 bridgehead atoms. The monoisotopic (exact) mass is 235 g/mol. The number of carbonyl (C=O) groups excluding carboxylic acids is 2. The summed E-state index contributed by atoms with van der Waals surface area (Å²) in [5.74, 6) is 0.0415. The van der Waals surface area contributed by atoms with Crippen molar-refractivity contribution in [2.75, 3.05) is 5.33 Å². The van der Waals surface area contributed by atoms with Gasteiger partial charge in [0.15, 0.2) is 0 Å². The molecule has 0 saturated carbocycles. The Morgan fingerprint density at radius 3 is 2.42 bits per heavy atom. The van der Waals surface area contributed by atoms with Crippen LogP contribution in [0.2, 0.25) is 0 Å². The van der Waals surface area contributed by atoms with E-state index in [2.05, 4.69) is 21.2 Å². The number of ketones is 1. The number of amides is 1. The molecule has 1 N–H and O–H groups in total. The molecule has 3 nitrogen and oxygen atoms in total. The van der Waals surface area contributed by atoms with Gasteiger partial charge in [-0.15, -0.1) is 0 Å². The number of hydrogen-bond donors (Lipinski definition) is 1. The first-order valence-electron chi connectivity index (χ1n) is 3.94. The predicted molar refractivity (Wildman–Crippen MR) is 51.3 cm³/mol. The van der Waals surface area contributed by atoms with E-state index >= 15 is 0 Å². The number of alkyl halides is 1. The molecule has 0 fully saturated rings. The summed E-state index contributed by atoms with van der Waals surface area (Å²) in [6.07, 6.45) is 1.21. The van der Waals surface area contributed by atoms with E-state index in [1.807, 2.05) is 6.92 Å². The fraction of sp³-hybridized carbons (Fsp3) is 0.750. The van der Waals surface area contributed by atoms with Crippen LogP contribution in [0, 0.1) is 0 Å². The van der Waals surface area contributed by atoms with Crippen LogP contribution < -0.4 is 5.32 Å². The first-order chi connectivity index (χ1) is 5.60. The summed E-state index contributed by atoms with van der Waals surface area (Å²) < 4.78 is 0. The van der Waals surface area contributed by atoms with Crippen molar-refractivity contribution in [1.29, 1.82) is 0 Å². The average Bonchev–Trinajstić information content (AvgIpc) is 2.02. The minimum atomic E-state index is -0.0794. The Kier molecular flexibility index (Phi) is 5.98. The molecule has 0 saturated heterocycles. The van der Waals surface area contributed by atoms with Gasteiger partial charge in [-0.1, -0.05) is 22.9 Å². The highest BCUT2D eigenvalue weighted by Gasteiger charge is 2.11. The SMILES string of the molecule is CCC(CC(=O)CBr)NC(C)=O. The average molecular weight is 236 g/mol. The summed E-state index contributed by atoms with van der Waals surface area (Å²) in [6, 6.07) is -0.00690. The lowest BCUT2D eigenvalue weighted by Gasteiger charge is -2.13. The number of halogens is 1. The predicted octanol–water partition coefficient (Wildman–Crippen LogP) is 1.26. The Morgan fingerprint density at radius 1 is 1.50 bits per heavy atom. The Hall–Kier alpha value is -0.380. The molecule has 0 aromatic rings. The highest BCUT2D eigenvalue weighted by Crippen LogP contribution is 2.00. The van der Waals surface area contributed by atoms with Crippen molar-refractivity contribution in [2.24, 2.45) is 0 Å². The van der Waals surface area contributed by atoms with Crippen molar-refractivity contribution in [3.05, 3.63) is 0 Å². The fourth-order valence-electron chi connectivity index (χ4n) is 0.914. The number of carbonyl (C=O) groups is 2. The number of Topliss-reactive ketones (excluding diaryl/α,β-unsaturated/α-hetero) is 1. The zero-order valence-electron chi connectivity index (χ0n) is 7.39. The Labute approximate surface area is 81.0 Å². The highest BCUT2D eigenvalue weighted by molar-refractivity contribution is 9.09. The van der Waals surface area contributed by atoms with Gasteiger partial charge in [0.2, 0.25) is 5.91 Å². The lowest BCUT2D eigenvalue weighted by molar-refractivity contribution is -0.120. The van der Waals surface area contributed by atoms with Gasteiger partial charge in [-0.3, -0.25) is 9.59 Å². The second-order valence-electron chi connectivity index (χ2n) is 2.68. The lowest BCUT2D eigenvalue weighted by Crippen LogP contribution is -2.34. The molecule has 0 aliphatic carbocycles. The zero-order chi connectivity index (χ0) is 9.56. The number of hydrogen-bond acceptors (Lipinski definition) is 2. The molecular formula is C8H14BrNO2. The van der Waals surface area contributed by atoms with Crippen LogP contribution in [0.5, 0.6) is 0 Å². The summed E-state index contributed by atoms with van der Waals surface area (Å²) >= 11 is 3.08. The van der Waals surface area contributed by atoms with Crippen molar-refractivity contribution in [3.63, 3.8) is 0 Å². The van der Waals surface area contributed by atoms with Crippen molar-refractivity contribution < 1.29 is 9.59 Å². The van der Waals surface area contributed by atoms with Gasteiger partial charge in [-0.2, -0.15) is 0 Å². The highest BCUT2D eigenvalue weighted by atomic mass is 79.9. The minimum absolute atomic E-state index is 0.00690. The van der Waals surface area contributed by atoms with Crippen molar-refractivity contribution in [1.82, 2.24) is 5.32 Å². The third-order valence-electron chi connectivity index (χ3n) is 1.52. The summed E-state index contributed by atoms with van der Waals surface area (Å²) in [5, 5.41) is 3.08. The Balaban J connectivity index is 3.82. The fourth-order valence-corrected chi connectivity index (χ4v) is 1.14. The smallest absolute Gasteiger partial charge is 0.217 e. The maximum atomic E-state index is 11.0. The molecule has 0 aromatic carbocycles. The molecule has 1 atom stereocenters. The molecule has 1 unspecified atom stereocenters. The van der Waals surface area contributed by atoms with Crippen LogP contribution in [0.3, 0.4) is 0 Å². The van der Waals surface area contributed by atoms with E-state index in [0.717, 1.165) is 6.42 Å². The molecule has 0 rings (SSSR count). The standard InChI is InChI=1S/C8H14BrNO2/c1-3-7(10-6(2)11)4-8(12)5-9/h7H,3-5H2,1-2H3,(H,10,11). The quantitative estimate of drug-likeness (QED) is 0.730. The van der Waals surface area contributed by atoms with Gasteiger partial charge >= 0.3 is 0 Å². The van der Waals surface area contributed by atoms with E-state index in [0.29, 0.717) is 11.8 Å². The first-order valence-corrected chi connectivity index (χ1v) is 5.07. The van der Waals surface area contributed by atoms with E-state index in [1.165, 1.54) is 6.92 Å². The largest absolute Gasteiger partial charge is 0.353 e. The summed E-state index contributed by atoms with van der Waals surface area (Å²) in [7, 11) is 0. The van der Waals surface area contributed by atoms with E-state index in [4.69, 9.17) is 0 Å². The molecule has 0 aliphatic rings. The maximum absolute atomic E-state index is 11.0. The van der Waals surface area contributed by atoms with E-state index in [1.54, 1.807) is 0 Å². The van der Waals surface area contributed by atoms with E-state index < -0.39 is 0 Å². The van der Waals surface area contributed by atoms with Gasteiger partial charge in [0.1, 0.15) is 5.78 Å². The van der Waals surface area contributed by atoms with Crippen LogP contribution in [-0.2, 0) is 9.59 Å². The second-order valence-corrected chi connectivity index (χ2v) is 3.24. The first kappa shape index (κ1) is 11.6. The van der Waals surface area contributed by atoms with Crippen molar-refractivity contribution >= 4 is 27.6 Å². The molecule has 0 heterocycles. The third kappa shape index (κ3) is 5.29. The summed E-state index contributed by atoms with van der Waals surface area (Å²) in [6.45, 7) is 3.41. The van der Waals surface area contributed by atoms with Crippen LogP contribution in [0.25, 0.3) is 0 Å². The molecular weight excluding hydrogens is 222 g/mol. The summed E-state index contributed by atoms with van der Waals surface area (Å²) in [5.41, 5.74) is 0. The molecule has 0 radical (unpaired) electrons. The Morgan fingerprint density at radius 2 is 2.08 bits per heavy atom. The minimum Gasteiger partial charge on any atom is -0.353 e. The van der Waals surface area contributed by atoms with Gasteiger partial charge in [0, 0.05) is 19.4 Å². The second kappa shape index (κ2) is 6.17. The van der Waals surface area contributed by atoms with Crippen LogP contribution in [0.15, 0.2) is 0 Å². The topological polar surface area (TPSA) is 46.2 Å². The normalized spacial score (nSPS) is 12.2. The zero-order valence-corrected chi connectivity index (χ0v) is 8.98. The van der Waals surface area contributed by atoms with Crippen molar-refractivity contribution in [3.8, 4) is 0 Å².